The van der Waals surface area contributed by atoms with Gasteiger partial charge in [0.15, 0.2) is 5.82 Å². The fraction of sp³-hybridized carbons (Fsp3) is 0.235. The van der Waals surface area contributed by atoms with Gasteiger partial charge in [-0.15, -0.1) is 0 Å². The number of hydrogen-bond acceptors (Lipinski definition) is 3. The van der Waals surface area contributed by atoms with Gasteiger partial charge in [0.2, 0.25) is 5.91 Å². The van der Waals surface area contributed by atoms with E-state index in [2.05, 4.69) is 15.5 Å². The lowest BCUT2D eigenvalue weighted by molar-refractivity contribution is -0.116. The summed E-state index contributed by atoms with van der Waals surface area (Å²) in [6.07, 6.45) is 6.16. The summed E-state index contributed by atoms with van der Waals surface area (Å²) in [6.45, 7) is 2.79. The van der Waals surface area contributed by atoms with Crippen LogP contribution in [-0.4, -0.2) is 25.5 Å². The Morgan fingerprint density at radius 1 is 1.29 bits per heavy atom. The number of aromatic nitrogens is 4. The van der Waals surface area contributed by atoms with Crippen molar-refractivity contribution in [2.24, 2.45) is 0 Å². The summed E-state index contributed by atoms with van der Waals surface area (Å²) in [5.74, 6) is 0.598. The number of aryl methyl sites for hydroxylation is 1. The number of nitrogens with one attached hydrogen (secondary N) is 1. The first kappa shape index (κ1) is 15.0. The zero-order chi connectivity index (χ0) is 16.7. The van der Waals surface area contributed by atoms with Crippen LogP contribution in [0.4, 0.5) is 5.82 Å². The molecular weight excluding hydrogens is 326 g/mol. The molecule has 0 spiro atoms. The molecule has 4 rings (SSSR count). The number of amides is 1. The van der Waals surface area contributed by atoms with Crippen LogP contribution in [0.25, 0.3) is 5.69 Å². The van der Waals surface area contributed by atoms with Crippen LogP contribution in [0.2, 0.25) is 5.02 Å². The van der Waals surface area contributed by atoms with Crippen molar-refractivity contribution in [1.82, 2.24) is 19.6 Å². The average molecular weight is 342 g/mol. The number of benzene rings is 1. The summed E-state index contributed by atoms with van der Waals surface area (Å²) in [6, 6.07) is 7.48. The van der Waals surface area contributed by atoms with Crippen molar-refractivity contribution in [1.29, 1.82) is 0 Å². The van der Waals surface area contributed by atoms with E-state index in [9.17, 15) is 4.79 Å². The Labute approximate surface area is 144 Å². The van der Waals surface area contributed by atoms with Gasteiger partial charge in [-0.25, -0.2) is 4.68 Å². The van der Waals surface area contributed by atoms with Crippen LogP contribution in [0.1, 0.15) is 30.4 Å². The Balaban J connectivity index is 1.71. The van der Waals surface area contributed by atoms with Gasteiger partial charge >= 0.3 is 0 Å². The van der Waals surface area contributed by atoms with Crippen molar-refractivity contribution in [3.63, 3.8) is 0 Å². The number of nitrogens with zero attached hydrogens (tertiary/aromatic N) is 4. The Hall–Kier alpha value is -2.60. The maximum Gasteiger partial charge on any atom is 0.226 e. The number of halogens is 1. The summed E-state index contributed by atoms with van der Waals surface area (Å²) in [4.78, 5) is 12.0. The highest BCUT2D eigenvalue weighted by Crippen LogP contribution is 2.36. The second kappa shape index (κ2) is 5.79. The van der Waals surface area contributed by atoms with Crippen molar-refractivity contribution < 1.29 is 4.79 Å². The molecule has 0 saturated heterocycles. The summed E-state index contributed by atoms with van der Waals surface area (Å²) < 4.78 is 3.63. The van der Waals surface area contributed by atoms with Gasteiger partial charge in [-0.3, -0.25) is 9.48 Å². The molecule has 24 heavy (non-hydrogen) atoms. The fourth-order valence-electron chi connectivity index (χ4n) is 2.98. The van der Waals surface area contributed by atoms with E-state index in [1.54, 1.807) is 4.68 Å². The minimum atomic E-state index is -0.0323. The molecule has 1 amide bonds. The minimum Gasteiger partial charge on any atom is -0.309 e. The lowest BCUT2D eigenvalue weighted by Gasteiger charge is -2.20. The molecule has 3 aromatic rings. The molecule has 1 unspecified atom stereocenters. The quantitative estimate of drug-likeness (QED) is 0.795. The lowest BCUT2D eigenvalue weighted by atomic mass is 9.89. The summed E-state index contributed by atoms with van der Waals surface area (Å²) in [7, 11) is 0. The molecule has 3 heterocycles. The van der Waals surface area contributed by atoms with E-state index in [0.717, 1.165) is 23.4 Å². The summed E-state index contributed by atoms with van der Waals surface area (Å²) in [5.41, 5.74) is 2.96. The first-order chi connectivity index (χ1) is 11.6. The van der Waals surface area contributed by atoms with Crippen LogP contribution in [-0.2, 0) is 11.3 Å². The molecule has 1 atom stereocenters. The average Bonchev–Trinajstić information content (AvgIpc) is 3.21. The van der Waals surface area contributed by atoms with E-state index in [4.69, 9.17) is 11.6 Å². The van der Waals surface area contributed by atoms with Gasteiger partial charge in [0, 0.05) is 41.9 Å². The molecule has 2 aromatic heterocycles. The molecule has 0 bridgehead atoms. The maximum atomic E-state index is 12.0. The van der Waals surface area contributed by atoms with E-state index in [-0.39, 0.29) is 11.8 Å². The third-order valence-corrected chi connectivity index (χ3v) is 4.48. The van der Waals surface area contributed by atoms with E-state index >= 15 is 0 Å². The first-order valence-corrected chi connectivity index (χ1v) is 8.19. The number of carbonyl (C=O) groups excluding carboxylic acids is 1. The molecule has 1 N–H and O–H groups in total. The van der Waals surface area contributed by atoms with Crippen molar-refractivity contribution in [3.05, 3.63) is 59.0 Å². The highest BCUT2D eigenvalue weighted by Gasteiger charge is 2.30. The zero-order valence-electron chi connectivity index (χ0n) is 13.1. The molecule has 1 aromatic carbocycles. The molecule has 0 fully saturated rings. The van der Waals surface area contributed by atoms with Gasteiger partial charge in [-0.2, -0.15) is 10.2 Å². The number of carbonyl (C=O) groups is 1. The normalized spacial score (nSPS) is 16.8. The Morgan fingerprint density at radius 2 is 2.08 bits per heavy atom. The number of fused-ring (bicyclic) bond motifs is 1. The van der Waals surface area contributed by atoms with Crippen LogP contribution in [0.15, 0.2) is 42.9 Å². The van der Waals surface area contributed by atoms with E-state index in [1.165, 1.54) is 0 Å². The van der Waals surface area contributed by atoms with Crippen LogP contribution in [0.5, 0.6) is 0 Å². The Kier molecular flexibility index (Phi) is 3.61. The van der Waals surface area contributed by atoms with Gasteiger partial charge in [-0.1, -0.05) is 11.6 Å². The first-order valence-electron chi connectivity index (χ1n) is 7.81. The van der Waals surface area contributed by atoms with E-state index in [0.29, 0.717) is 17.3 Å². The van der Waals surface area contributed by atoms with Gasteiger partial charge in [0.1, 0.15) is 0 Å². The largest absolute Gasteiger partial charge is 0.309 e. The smallest absolute Gasteiger partial charge is 0.226 e. The number of anilines is 1. The topological polar surface area (TPSA) is 64.7 Å². The summed E-state index contributed by atoms with van der Waals surface area (Å²) in [5, 5.41) is 12.4. The lowest BCUT2D eigenvalue weighted by Crippen LogP contribution is -2.22. The van der Waals surface area contributed by atoms with Crippen molar-refractivity contribution in [2.75, 3.05) is 5.32 Å². The van der Waals surface area contributed by atoms with Gasteiger partial charge in [-0.05, 0) is 36.8 Å². The summed E-state index contributed by atoms with van der Waals surface area (Å²) >= 11 is 5.93. The van der Waals surface area contributed by atoms with Crippen LogP contribution in [0.3, 0.4) is 0 Å². The molecule has 122 valence electrons. The monoisotopic (exact) mass is 341 g/mol. The van der Waals surface area contributed by atoms with E-state index < -0.39 is 0 Å². The second-order valence-corrected chi connectivity index (χ2v) is 6.22. The van der Waals surface area contributed by atoms with Crippen LogP contribution in [0, 0.1) is 0 Å². The SMILES string of the molecule is CCn1cc2c(n1)NC(=O)CC2c1cnn(-c2ccc(Cl)cc2)c1. The molecular formula is C17H16ClN5O. The van der Waals surface area contributed by atoms with Gasteiger partial charge in [0.05, 0.1) is 11.9 Å². The Bertz CT molecular complexity index is 896. The van der Waals surface area contributed by atoms with Gasteiger partial charge < -0.3 is 5.32 Å². The molecule has 7 heteroatoms. The van der Waals surface area contributed by atoms with Crippen molar-refractivity contribution in [2.45, 2.75) is 25.8 Å². The standard InChI is InChI=1S/C17H16ClN5O/c1-2-22-10-15-14(7-16(24)20-17(15)21-22)11-8-19-23(9-11)13-5-3-12(18)4-6-13/h3-6,8-10,14H,2,7H2,1H3,(H,20,21,24). The predicted molar refractivity (Wildman–Crippen MR) is 91.6 cm³/mol. The molecule has 1 aliphatic heterocycles. The third kappa shape index (κ3) is 2.59. The number of hydrogen-bond donors (Lipinski definition) is 1. The van der Waals surface area contributed by atoms with Gasteiger partial charge in [0.25, 0.3) is 0 Å². The highest BCUT2D eigenvalue weighted by molar-refractivity contribution is 6.30. The minimum absolute atomic E-state index is 0.0203. The molecule has 0 saturated carbocycles. The van der Waals surface area contributed by atoms with Crippen LogP contribution < -0.4 is 5.32 Å². The Morgan fingerprint density at radius 3 is 2.83 bits per heavy atom. The molecule has 0 aliphatic carbocycles. The van der Waals surface area contributed by atoms with Crippen molar-refractivity contribution in [3.8, 4) is 5.69 Å². The van der Waals surface area contributed by atoms with Crippen LogP contribution >= 0.6 is 11.6 Å². The maximum absolute atomic E-state index is 12.0. The zero-order valence-corrected chi connectivity index (χ0v) is 13.9. The molecule has 1 aliphatic rings. The number of rotatable bonds is 3. The fourth-order valence-corrected chi connectivity index (χ4v) is 3.10. The highest BCUT2D eigenvalue weighted by atomic mass is 35.5. The van der Waals surface area contributed by atoms with E-state index in [1.807, 2.05) is 54.5 Å². The third-order valence-electron chi connectivity index (χ3n) is 4.23. The van der Waals surface area contributed by atoms with Crippen molar-refractivity contribution >= 4 is 23.3 Å². The molecule has 6 nitrogen and oxygen atoms in total. The molecule has 0 radical (unpaired) electrons. The predicted octanol–water partition coefficient (Wildman–Crippen LogP) is 3.22. The second-order valence-electron chi connectivity index (χ2n) is 5.79.